The van der Waals surface area contributed by atoms with E-state index in [2.05, 4.69) is 10.0 Å². The third-order valence-corrected chi connectivity index (χ3v) is 5.81. The fraction of sp³-hybridized carbons (Fsp3) is 0.571. The van der Waals surface area contributed by atoms with E-state index in [4.69, 9.17) is 4.84 Å². The first-order valence-electron chi connectivity index (χ1n) is 9.89. The summed E-state index contributed by atoms with van der Waals surface area (Å²) in [6.45, 7) is 0. The van der Waals surface area contributed by atoms with Crippen molar-refractivity contribution >= 4 is 16.9 Å². The molecule has 1 aromatic carbocycles. The van der Waals surface area contributed by atoms with E-state index in [1.54, 1.807) is 0 Å². The van der Waals surface area contributed by atoms with Gasteiger partial charge < -0.3 is 9.82 Å². The standard InChI is InChI=1S/C21H28N2O2/c24-21(20-15-16-9-7-8-14-19(16)22-20)25-23(17-10-3-1-4-11-17)18-12-5-2-6-13-18/h7-9,14-15,17-18,22H,1-6,10-13H2. The van der Waals surface area contributed by atoms with Crippen LogP contribution in [0.1, 0.15) is 74.7 Å². The van der Waals surface area contributed by atoms with Crippen molar-refractivity contribution in [3.05, 3.63) is 36.0 Å². The molecule has 0 unspecified atom stereocenters. The third kappa shape index (κ3) is 3.74. The maximum Gasteiger partial charge on any atom is 0.373 e. The minimum Gasteiger partial charge on any atom is -0.362 e. The summed E-state index contributed by atoms with van der Waals surface area (Å²) in [5.41, 5.74) is 1.54. The second-order valence-electron chi connectivity index (χ2n) is 7.59. The van der Waals surface area contributed by atoms with Gasteiger partial charge in [-0.25, -0.2) is 4.79 Å². The minimum atomic E-state index is -0.243. The highest BCUT2D eigenvalue weighted by Gasteiger charge is 2.32. The lowest BCUT2D eigenvalue weighted by atomic mass is 9.90. The van der Waals surface area contributed by atoms with E-state index in [9.17, 15) is 4.79 Å². The number of rotatable bonds is 4. The highest BCUT2D eigenvalue weighted by Crippen LogP contribution is 2.31. The summed E-state index contributed by atoms with van der Waals surface area (Å²) in [4.78, 5) is 22.0. The molecule has 0 atom stereocenters. The fourth-order valence-corrected chi connectivity index (χ4v) is 4.45. The maximum atomic E-state index is 12.8. The third-order valence-electron chi connectivity index (χ3n) is 5.81. The second kappa shape index (κ2) is 7.61. The predicted octanol–water partition coefficient (Wildman–Crippen LogP) is 5.21. The van der Waals surface area contributed by atoms with E-state index in [0.29, 0.717) is 17.8 Å². The molecule has 2 fully saturated rings. The molecule has 1 aromatic heterocycles. The van der Waals surface area contributed by atoms with Crippen LogP contribution in [0, 0.1) is 0 Å². The van der Waals surface area contributed by atoms with Gasteiger partial charge in [-0.2, -0.15) is 0 Å². The van der Waals surface area contributed by atoms with Gasteiger partial charge in [-0.1, -0.05) is 56.7 Å². The number of aromatic nitrogens is 1. The van der Waals surface area contributed by atoms with Gasteiger partial charge in [0.05, 0.1) is 0 Å². The van der Waals surface area contributed by atoms with Crippen molar-refractivity contribution in [1.82, 2.24) is 10.0 Å². The summed E-state index contributed by atoms with van der Waals surface area (Å²) < 4.78 is 0. The average molecular weight is 340 g/mol. The molecule has 134 valence electrons. The van der Waals surface area contributed by atoms with Gasteiger partial charge in [0.2, 0.25) is 0 Å². The molecule has 1 N–H and O–H groups in total. The Bertz CT molecular complexity index is 661. The van der Waals surface area contributed by atoms with Gasteiger partial charge in [-0.05, 0) is 37.8 Å². The SMILES string of the molecule is O=C(ON(C1CCCCC1)C1CCCCC1)c1cc2ccccc2[nH]1. The van der Waals surface area contributed by atoms with Gasteiger partial charge in [0.1, 0.15) is 5.69 Å². The van der Waals surface area contributed by atoms with E-state index in [-0.39, 0.29) is 5.97 Å². The molecule has 4 heteroatoms. The zero-order valence-electron chi connectivity index (χ0n) is 14.9. The van der Waals surface area contributed by atoms with Crippen LogP contribution in [0.15, 0.2) is 30.3 Å². The van der Waals surface area contributed by atoms with Crippen LogP contribution >= 0.6 is 0 Å². The van der Waals surface area contributed by atoms with E-state index < -0.39 is 0 Å². The largest absolute Gasteiger partial charge is 0.373 e. The number of nitrogens with zero attached hydrogens (tertiary/aromatic N) is 1. The lowest BCUT2D eigenvalue weighted by molar-refractivity contribution is -0.178. The number of carbonyl (C=O) groups is 1. The number of hydroxylamine groups is 2. The molecule has 2 aromatic rings. The zero-order valence-corrected chi connectivity index (χ0v) is 14.9. The van der Waals surface area contributed by atoms with Crippen LogP contribution in [-0.4, -0.2) is 28.1 Å². The van der Waals surface area contributed by atoms with Crippen LogP contribution in [0.25, 0.3) is 10.9 Å². The number of aromatic amines is 1. The number of H-pyrrole nitrogens is 1. The smallest absolute Gasteiger partial charge is 0.362 e. The van der Waals surface area contributed by atoms with Crippen molar-refractivity contribution in [2.75, 3.05) is 0 Å². The van der Waals surface area contributed by atoms with Crippen molar-refractivity contribution in [1.29, 1.82) is 0 Å². The van der Waals surface area contributed by atoms with E-state index in [1.165, 1.54) is 38.5 Å². The topological polar surface area (TPSA) is 45.3 Å². The zero-order chi connectivity index (χ0) is 17.1. The Morgan fingerprint density at radius 1 is 0.920 bits per heavy atom. The molecule has 0 amide bonds. The number of hydrogen-bond acceptors (Lipinski definition) is 3. The molecular weight excluding hydrogens is 312 g/mol. The van der Waals surface area contributed by atoms with Crippen molar-refractivity contribution in [3.8, 4) is 0 Å². The number of nitrogens with one attached hydrogen (secondary N) is 1. The highest BCUT2D eigenvalue weighted by molar-refractivity contribution is 5.94. The van der Waals surface area contributed by atoms with Crippen molar-refractivity contribution in [3.63, 3.8) is 0 Å². The summed E-state index contributed by atoms with van der Waals surface area (Å²) in [5, 5.41) is 3.14. The van der Waals surface area contributed by atoms with Crippen molar-refractivity contribution in [2.45, 2.75) is 76.3 Å². The Balaban J connectivity index is 1.52. The first kappa shape index (κ1) is 16.6. The summed E-state index contributed by atoms with van der Waals surface area (Å²) >= 11 is 0. The molecule has 4 nitrogen and oxygen atoms in total. The van der Waals surface area contributed by atoms with Gasteiger partial charge >= 0.3 is 5.97 Å². The van der Waals surface area contributed by atoms with Gasteiger partial charge in [0, 0.05) is 23.0 Å². The molecular formula is C21H28N2O2. The quantitative estimate of drug-likeness (QED) is 0.777. The first-order chi connectivity index (χ1) is 12.3. The number of carbonyl (C=O) groups excluding carboxylic acids is 1. The molecule has 0 radical (unpaired) electrons. The normalized spacial score (nSPS) is 20.2. The van der Waals surface area contributed by atoms with Crippen LogP contribution in [0.2, 0.25) is 0 Å². The lowest BCUT2D eigenvalue weighted by Gasteiger charge is -2.39. The molecule has 0 aliphatic heterocycles. The van der Waals surface area contributed by atoms with Crippen LogP contribution in [0.3, 0.4) is 0 Å². The minimum absolute atomic E-state index is 0.243. The van der Waals surface area contributed by atoms with E-state index in [0.717, 1.165) is 36.6 Å². The highest BCUT2D eigenvalue weighted by atomic mass is 16.7. The van der Waals surface area contributed by atoms with Crippen molar-refractivity contribution in [2.24, 2.45) is 0 Å². The first-order valence-corrected chi connectivity index (χ1v) is 9.89. The van der Waals surface area contributed by atoms with E-state index in [1.807, 2.05) is 30.3 Å². The number of benzene rings is 1. The van der Waals surface area contributed by atoms with Crippen LogP contribution in [-0.2, 0) is 4.84 Å². The fourth-order valence-electron chi connectivity index (χ4n) is 4.45. The molecule has 2 saturated carbocycles. The summed E-state index contributed by atoms with van der Waals surface area (Å²) in [5.74, 6) is -0.243. The average Bonchev–Trinajstić information content (AvgIpc) is 3.12. The molecule has 0 saturated heterocycles. The monoisotopic (exact) mass is 340 g/mol. The Morgan fingerprint density at radius 2 is 1.52 bits per heavy atom. The molecule has 1 heterocycles. The summed E-state index contributed by atoms with van der Waals surface area (Å²) in [7, 11) is 0. The molecule has 25 heavy (non-hydrogen) atoms. The van der Waals surface area contributed by atoms with E-state index >= 15 is 0 Å². The Hall–Kier alpha value is -1.81. The number of hydrogen-bond donors (Lipinski definition) is 1. The van der Waals surface area contributed by atoms with Crippen LogP contribution in [0.5, 0.6) is 0 Å². The second-order valence-corrected chi connectivity index (χ2v) is 7.59. The Labute approximate surface area is 149 Å². The molecule has 4 rings (SSSR count). The number of fused-ring (bicyclic) bond motifs is 1. The Morgan fingerprint density at radius 3 is 2.12 bits per heavy atom. The summed E-state index contributed by atoms with van der Waals surface area (Å²) in [6.07, 6.45) is 12.2. The predicted molar refractivity (Wildman–Crippen MR) is 99.3 cm³/mol. The lowest BCUT2D eigenvalue weighted by Crippen LogP contribution is -2.46. The van der Waals surface area contributed by atoms with Gasteiger partial charge in [0.15, 0.2) is 0 Å². The van der Waals surface area contributed by atoms with Gasteiger partial charge in [-0.15, -0.1) is 5.06 Å². The number of para-hydroxylation sites is 1. The molecule has 2 aliphatic rings. The van der Waals surface area contributed by atoms with Gasteiger partial charge in [-0.3, -0.25) is 0 Å². The van der Waals surface area contributed by atoms with Gasteiger partial charge in [0.25, 0.3) is 0 Å². The molecule has 0 spiro atoms. The molecule has 0 bridgehead atoms. The Kier molecular flexibility index (Phi) is 5.07. The summed E-state index contributed by atoms with van der Waals surface area (Å²) in [6, 6.07) is 10.7. The van der Waals surface area contributed by atoms with Crippen LogP contribution in [0.4, 0.5) is 0 Å². The maximum absolute atomic E-state index is 12.8. The molecule has 2 aliphatic carbocycles. The van der Waals surface area contributed by atoms with Crippen LogP contribution < -0.4 is 0 Å². The van der Waals surface area contributed by atoms with Crippen molar-refractivity contribution < 1.29 is 9.63 Å².